The molecule has 0 heterocycles. The highest BCUT2D eigenvalue weighted by Crippen LogP contribution is 2.35. The fourth-order valence-corrected chi connectivity index (χ4v) is 1.24. The molecule has 1 N–H and O–H groups in total. The lowest BCUT2D eigenvalue weighted by Gasteiger charge is -2.16. The van der Waals surface area contributed by atoms with Gasteiger partial charge in [-0.3, -0.25) is 0 Å². The van der Waals surface area contributed by atoms with Crippen molar-refractivity contribution in [3.8, 4) is 6.07 Å². The van der Waals surface area contributed by atoms with Crippen molar-refractivity contribution >= 4 is 0 Å². The lowest BCUT2D eigenvalue weighted by Crippen LogP contribution is -2.12. The highest BCUT2D eigenvalue weighted by Gasteiger charge is 2.35. The van der Waals surface area contributed by atoms with Crippen LogP contribution >= 0.6 is 0 Å². The number of rotatable bonds is 2. The van der Waals surface area contributed by atoms with E-state index < -0.39 is 17.8 Å². The molecule has 0 aliphatic heterocycles. The van der Waals surface area contributed by atoms with E-state index in [1.54, 1.807) is 0 Å². The molecule has 0 fully saturated rings. The van der Waals surface area contributed by atoms with Gasteiger partial charge in [-0.2, -0.15) is 18.4 Å². The van der Waals surface area contributed by atoms with Gasteiger partial charge in [-0.1, -0.05) is 24.8 Å². The number of aliphatic hydroxyl groups excluding tert-OH is 1. The van der Waals surface area contributed by atoms with Crippen LogP contribution in [0.1, 0.15) is 17.2 Å². The standard InChI is InChI=1S/C11H8F3NO/c1-7(6-15)10(16)8-4-2-3-5-9(8)11(12,13)14/h2-5,10,16H,1H2. The zero-order valence-electron chi connectivity index (χ0n) is 8.12. The molecule has 1 atom stereocenters. The summed E-state index contributed by atoms with van der Waals surface area (Å²) in [7, 11) is 0. The number of nitriles is 1. The van der Waals surface area contributed by atoms with Crippen LogP contribution in [0.4, 0.5) is 13.2 Å². The van der Waals surface area contributed by atoms with Gasteiger partial charge in [0.1, 0.15) is 6.10 Å². The summed E-state index contributed by atoms with van der Waals surface area (Å²) in [6, 6.07) is 6.08. The van der Waals surface area contributed by atoms with Crippen LogP contribution in [-0.2, 0) is 6.18 Å². The van der Waals surface area contributed by atoms with Crippen LogP contribution in [-0.4, -0.2) is 5.11 Å². The normalized spacial score (nSPS) is 12.9. The van der Waals surface area contributed by atoms with Crippen molar-refractivity contribution in [1.82, 2.24) is 0 Å². The van der Waals surface area contributed by atoms with E-state index in [4.69, 9.17) is 5.26 Å². The van der Waals surface area contributed by atoms with Gasteiger partial charge >= 0.3 is 6.18 Å². The third kappa shape index (κ3) is 2.41. The fourth-order valence-electron chi connectivity index (χ4n) is 1.24. The number of benzene rings is 1. The van der Waals surface area contributed by atoms with Crippen LogP contribution in [0, 0.1) is 11.3 Å². The molecule has 0 saturated carbocycles. The Morgan fingerprint density at radius 3 is 2.44 bits per heavy atom. The molecule has 2 nitrogen and oxygen atoms in total. The smallest absolute Gasteiger partial charge is 0.383 e. The molecule has 0 radical (unpaired) electrons. The maximum absolute atomic E-state index is 12.6. The molecule has 0 spiro atoms. The zero-order valence-corrected chi connectivity index (χ0v) is 8.12. The molecule has 5 heteroatoms. The Balaban J connectivity index is 3.25. The van der Waals surface area contributed by atoms with E-state index in [0.717, 1.165) is 12.1 Å². The summed E-state index contributed by atoms with van der Waals surface area (Å²) >= 11 is 0. The molecule has 0 aliphatic carbocycles. The van der Waals surface area contributed by atoms with Crippen LogP contribution in [0.15, 0.2) is 36.4 Å². The quantitative estimate of drug-likeness (QED) is 0.789. The number of hydrogen-bond donors (Lipinski definition) is 1. The topological polar surface area (TPSA) is 44.0 Å². The molecule has 1 aromatic rings. The second-order valence-corrected chi connectivity index (χ2v) is 3.12. The zero-order chi connectivity index (χ0) is 12.3. The summed E-state index contributed by atoms with van der Waals surface area (Å²) in [6.45, 7) is 3.19. The molecule has 1 unspecified atom stereocenters. The minimum Gasteiger partial charge on any atom is -0.383 e. The molecule has 1 rings (SSSR count). The van der Waals surface area contributed by atoms with Gasteiger partial charge in [-0.25, -0.2) is 0 Å². The molecule has 84 valence electrons. The van der Waals surface area contributed by atoms with Gasteiger partial charge in [-0.05, 0) is 11.6 Å². The van der Waals surface area contributed by atoms with Gasteiger partial charge in [0.2, 0.25) is 0 Å². The van der Waals surface area contributed by atoms with Crippen molar-refractivity contribution in [3.05, 3.63) is 47.5 Å². The molecule has 0 aliphatic rings. The summed E-state index contributed by atoms with van der Waals surface area (Å²) in [5.74, 6) is 0. The van der Waals surface area contributed by atoms with Crippen LogP contribution < -0.4 is 0 Å². The lowest BCUT2D eigenvalue weighted by atomic mass is 9.98. The monoisotopic (exact) mass is 227 g/mol. The number of aliphatic hydroxyl groups is 1. The van der Waals surface area contributed by atoms with Crippen molar-refractivity contribution in [2.24, 2.45) is 0 Å². The van der Waals surface area contributed by atoms with Gasteiger partial charge in [0.25, 0.3) is 0 Å². The summed E-state index contributed by atoms with van der Waals surface area (Å²) in [5, 5.41) is 18.0. The highest BCUT2D eigenvalue weighted by atomic mass is 19.4. The number of halogens is 3. The summed E-state index contributed by atoms with van der Waals surface area (Å²) in [4.78, 5) is 0. The Morgan fingerprint density at radius 2 is 1.94 bits per heavy atom. The molecular formula is C11H8F3NO. The molecule has 0 aromatic heterocycles. The minimum atomic E-state index is -4.56. The SMILES string of the molecule is C=C(C#N)C(O)c1ccccc1C(F)(F)F. The van der Waals surface area contributed by atoms with Crippen LogP contribution in [0.2, 0.25) is 0 Å². The predicted octanol–water partition coefficient (Wildman–Crippen LogP) is 2.82. The number of hydrogen-bond acceptors (Lipinski definition) is 2. The van der Waals surface area contributed by atoms with Gasteiger partial charge in [0, 0.05) is 0 Å². The van der Waals surface area contributed by atoms with Crippen LogP contribution in [0.25, 0.3) is 0 Å². The molecule has 0 saturated heterocycles. The third-order valence-electron chi connectivity index (χ3n) is 2.03. The van der Waals surface area contributed by atoms with E-state index in [9.17, 15) is 18.3 Å². The van der Waals surface area contributed by atoms with E-state index in [2.05, 4.69) is 6.58 Å². The van der Waals surface area contributed by atoms with E-state index in [1.807, 2.05) is 0 Å². The van der Waals surface area contributed by atoms with E-state index in [1.165, 1.54) is 18.2 Å². The average molecular weight is 227 g/mol. The summed E-state index contributed by atoms with van der Waals surface area (Å²) < 4.78 is 37.7. The molecule has 1 aromatic carbocycles. The van der Waals surface area contributed by atoms with Crippen molar-refractivity contribution in [1.29, 1.82) is 5.26 Å². The lowest BCUT2D eigenvalue weighted by molar-refractivity contribution is -0.139. The van der Waals surface area contributed by atoms with Crippen LogP contribution in [0.3, 0.4) is 0 Å². The first-order valence-electron chi connectivity index (χ1n) is 4.31. The summed E-state index contributed by atoms with van der Waals surface area (Å²) in [5.41, 5.74) is -1.64. The first-order chi connectivity index (χ1) is 7.38. The molecule has 0 bridgehead atoms. The van der Waals surface area contributed by atoms with Crippen molar-refractivity contribution in [3.63, 3.8) is 0 Å². The molecule has 0 amide bonds. The first-order valence-corrected chi connectivity index (χ1v) is 4.31. The maximum Gasteiger partial charge on any atom is 0.416 e. The van der Waals surface area contributed by atoms with Crippen molar-refractivity contribution in [2.75, 3.05) is 0 Å². The maximum atomic E-state index is 12.6. The summed E-state index contributed by atoms with van der Waals surface area (Å²) in [6.07, 6.45) is -6.18. The first kappa shape index (κ1) is 12.3. The van der Waals surface area contributed by atoms with Crippen LogP contribution in [0.5, 0.6) is 0 Å². The largest absolute Gasteiger partial charge is 0.416 e. The Bertz CT molecular complexity index is 445. The van der Waals surface area contributed by atoms with Gasteiger partial charge in [0.05, 0.1) is 17.2 Å². The van der Waals surface area contributed by atoms with Gasteiger partial charge in [-0.15, -0.1) is 0 Å². The molecule has 16 heavy (non-hydrogen) atoms. The minimum absolute atomic E-state index is 0.323. The second kappa shape index (κ2) is 4.37. The average Bonchev–Trinajstić information content (AvgIpc) is 2.26. The van der Waals surface area contributed by atoms with E-state index in [-0.39, 0.29) is 11.1 Å². The highest BCUT2D eigenvalue weighted by molar-refractivity contribution is 5.38. The predicted molar refractivity (Wildman–Crippen MR) is 51.2 cm³/mol. The van der Waals surface area contributed by atoms with Crippen molar-refractivity contribution < 1.29 is 18.3 Å². The molecular weight excluding hydrogens is 219 g/mol. The van der Waals surface area contributed by atoms with E-state index >= 15 is 0 Å². The second-order valence-electron chi connectivity index (χ2n) is 3.12. The Hall–Kier alpha value is -1.80. The number of alkyl halides is 3. The third-order valence-corrected chi connectivity index (χ3v) is 2.03. The Morgan fingerprint density at radius 1 is 1.38 bits per heavy atom. The number of nitrogens with zero attached hydrogens (tertiary/aromatic N) is 1. The Labute approximate surface area is 90.2 Å². The van der Waals surface area contributed by atoms with E-state index in [0.29, 0.717) is 0 Å². The Kier molecular flexibility index (Phi) is 3.35. The van der Waals surface area contributed by atoms with Gasteiger partial charge in [0.15, 0.2) is 0 Å². The fraction of sp³-hybridized carbons (Fsp3) is 0.182. The van der Waals surface area contributed by atoms with Gasteiger partial charge < -0.3 is 5.11 Å². The van der Waals surface area contributed by atoms with Crippen molar-refractivity contribution in [2.45, 2.75) is 12.3 Å².